The lowest BCUT2D eigenvalue weighted by Crippen LogP contribution is -2.41. The van der Waals surface area contributed by atoms with Crippen molar-refractivity contribution in [2.24, 2.45) is 0 Å². The van der Waals surface area contributed by atoms with Crippen molar-refractivity contribution in [1.29, 1.82) is 0 Å². The number of H-pyrrole nitrogens is 1. The number of carbonyl (C=O) groups is 1. The Kier molecular flexibility index (Phi) is 8.22. The minimum Gasteiger partial charge on any atom is -0.378 e. The summed E-state index contributed by atoms with van der Waals surface area (Å²) in [5.74, 6) is -1.34. The molecule has 0 saturated carbocycles. The van der Waals surface area contributed by atoms with Gasteiger partial charge in [-0.3, -0.25) is 4.79 Å². The Bertz CT molecular complexity index is 1380. The maximum atomic E-state index is 15.0. The van der Waals surface area contributed by atoms with E-state index in [1.165, 1.54) is 24.3 Å². The lowest BCUT2D eigenvalue weighted by Gasteiger charge is -2.27. The molecule has 2 unspecified atom stereocenters. The van der Waals surface area contributed by atoms with Crippen molar-refractivity contribution in [3.05, 3.63) is 69.2 Å². The zero-order valence-corrected chi connectivity index (χ0v) is 22.2. The number of amides is 1. The van der Waals surface area contributed by atoms with Crippen molar-refractivity contribution < 1.29 is 22.3 Å². The van der Waals surface area contributed by atoms with E-state index in [0.717, 1.165) is 5.56 Å². The van der Waals surface area contributed by atoms with E-state index < -0.39 is 27.8 Å². The van der Waals surface area contributed by atoms with Crippen LogP contribution in [0, 0.1) is 19.7 Å². The van der Waals surface area contributed by atoms with Gasteiger partial charge >= 0.3 is 0 Å². The van der Waals surface area contributed by atoms with E-state index in [4.69, 9.17) is 16.3 Å². The van der Waals surface area contributed by atoms with Crippen molar-refractivity contribution in [3.8, 4) is 0 Å². The third-order valence-electron chi connectivity index (χ3n) is 6.63. The Hall–Kier alpha value is -2.93. The average molecular weight is 551 g/mol. The molecule has 1 saturated heterocycles. The highest BCUT2D eigenvalue weighted by Gasteiger charge is 2.34. The molecule has 0 aliphatic carbocycles. The van der Waals surface area contributed by atoms with E-state index >= 15 is 0 Å². The standard InChI is InChI=1S/C24H28ClFN6O4S/c1-14-4-6-19(26)22(15(14)2)16(3)23(24-27-30-31-28-24)29-37(34,35)20-7-5-18(25)12-17(20)13-21(33)32-8-10-36-11-9-32/h4-7,12,16,23,29H,8-11,13H2,1-3H3,(H,27,28,30,31). The van der Waals surface area contributed by atoms with Crippen LogP contribution in [0.3, 0.4) is 0 Å². The van der Waals surface area contributed by atoms with Crippen molar-refractivity contribution in [1.82, 2.24) is 30.2 Å². The number of ether oxygens (including phenoxy) is 1. The number of benzene rings is 2. The number of nitrogens with zero attached hydrogens (tertiary/aromatic N) is 4. The number of hydrogen-bond donors (Lipinski definition) is 2. The first-order valence-electron chi connectivity index (χ1n) is 11.7. The monoisotopic (exact) mass is 550 g/mol. The Balaban J connectivity index is 1.69. The van der Waals surface area contributed by atoms with Crippen molar-refractivity contribution in [2.45, 2.75) is 44.0 Å². The smallest absolute Gasteiger partial charge is 0.241 e. The highest BCUT2D eigenvalue weighted by molar-refractivity contribution is 7.89. The van der Waals surface area contributed by atoms with Crippen LogP contribution in [-0.2, 0) is 26.0 Å². The minimum atomic E-state index is -4.25. The quantitative estimate of drug-likeness (QED) is 0.441. The fraction of sp³-hybridized carbons (Fsp3) is 0.417. The topological polar surface area (TPSA) is 130 Å². The molecule has 13 heteroatoms. The van der Waals surface area contributed by atoms with Gasteiger partial charge in [0.25, 0.3) is 0 Å². The Morgan fingerprint density at radius 1 is 1.24 bits per heavy atom. The Morgan fingerprint density at radius 2 is 1.97 bits per heavy atom. The fourth-order valence-corrected chi connectivity index (χ4v) is 6.17. The number of rotatable bonds is 8. The summed E-state index contributed by atoms with van der Waals surface area (Å²) >= 11 is 6.17. The van der Waals surface area contributed by atoms with Gasteiger partial charge in [0.15, 0.2) is 5.82 Å². The third-order valence-corrected chi connectivity index (χ3v) is 8.40. The molecular weight excluding hydrogens is 523 g/mol. The first-order valence-corrected chi connectivity index (χ1v) is 13.6. The molecule has 2 atom stereocenters. The summed E-state index contributed by atoms with van der Waals surface area (Å²) < 4.78 is 50.3. The van der Waals surface area contributed by atoms with Crippen molar-refractivity contribution in [2.75, 3.05) is 26.3 Å². The van der Waals surface area contributed by atoms with Gasteiger partial charge in [0.1, 0.15) is 5.82 Å². The molecule has 0 radical (unpaired) electrons. The van der Waals surface area contributed by atoms with E-state index in [1.807, 2.05) is 6.92 Å². The minimum absolute atomic E-state index is 0.0521. The average Bonchev–Trinajstić information content (AvgIpc) is 3.40. The molecule has 37 heavy (non-hydrogen) atoms. The molecule has 2 N–H and O–H groups in total. The molecule has 1 aromatic heterocycles. The summed E-state index contributed by atoms with van der Waals surface area (Å²) in [6.07, 6.45) is -0.162. The number of aryl methyl sites for hydroxylation is 1. The van der Waals surface area contributed by atoms with Gasteiger partial charge in [0.05, 0.1) is 30.6 Å². The normalized spacial score (nSPS) is 16.0. The number of aromatic nitrogens is 4. The van der Waals surface area contributed by atoms with E-state index in [2.05, 4.69) is 25.3 Å². The van der Waals surface area contributed by atoms with Gasteiger partial charge < -0.3 is 9.64 Å². The first-order chi connectivity index (χ1) is 17.6. The van der Waals surface area contributed by atoms with Crippen LogP contribution < -0.4 is 4.72 Å². The van der Waals surface area contributed by atoms with Crippen LogP contribution >= 0.6 is 11.6 Å². The Morgan fingerprint density at radius 3 is 2.65 bits per heavy atom. The zero-order valence-electron chi connectivity index (χ0n) is 20.7. The van der Waals surface area contributed by atoms with Crippen LogP contribution in [0.15, 0.2) is 35.2 Å². The summed E-state index contributed by atoms with van der Waals surface area (Å²) in [6, 6.07) is 6.21. The molecule has 2 heterocycles. The first kappa shape index (κ1) is 27.1. The SMILES string of the molecule is Cc1ccc(F)c(C(C)C(NS(=O)(=O)c2ccc(Cl)cc2CC(=O)N2CCOCC2)c2nn[nH]n2)c1C. The van der Waals surface area contributed by atoms with Crippen molar-refractivity contribution >= 4 is 27.5 Å². The summed E-state index contributed by atoms with van der Waals surface area (Å²) in [6.45, 7) is 7.03. The maximum absolute atomic E-state index is 15.0. The summed E-state index contributed by atoms with van der Waals surface area (Å²) in [5, 5.41) is 14.1. The largest absolute Gasteiger partial charge is 0.378 e. The molecule has 1 aliphatic rings. The van der Waals surface area contributed by atoms with E-state index in [1.54, 1.807) is 24.8 Å². The van der Waals surface area contributed by atoms with Gasteiger partial charge in [-0.05, 0) is 60.4 Å². The zero-order chi connectivity index (χ0) is 26.7. The Labute approximate surface area is 219 Å². The predicted molar refractivity (Wildman–Crippen MR) is 134 cm³/mol. The predicted octanol–water partition coefficient (Wildman–Crippen LogP) is 2.83. The fourth-order valence-electron chi connectivity index (χ4n) is 4.48. The number of hydrogen-bond acceptors (Lipinski definition) is 7. The lowest BCUT2D eigenvalue weighted by molar-refractivity contribution is -0.134. The lowest BCUT2D eigenvalue weighted by atomic mass is 9.88. The number of morpholine rings is 1. The molecule has 198 valence electrons. The van der Waals surface area contributed by atoms with Crippen LogP contribution in [0.5, 0.6) is 0 Å². The molecule has 4 rings (SSSR count). The van der Waals surface area contributed by atoms with Crippen LogP contribution in [-0.4, -0.2) is 66.2 Å². The maximum Gasteiger partial charge on any atom is 0.241 e. The highest BCUT2D eigenvalue weighted by atomic mass is 35.5. The highest BCUT2D eigenvalue weighted by Crippen LogP contribution is 2.35. The second-order valence-electron chi connectivity index (χ2n) is 8.98. The number of halogens is 2. The number of nitrogens with one attached hydrogen (secondary N) is 2. The van der Waals surface area contributed by atoms with E-state index in [0.29, 0.717) is 42.5 Å². The third kappa shape index (κ3) is 5.98. The molecule has 2 aromatic carbocycles. The van der Waals surface area contributed by atoms with Crippen molar-refractivity contribution in [3.63, 3.8) is 0 Å². The molecule has 1 aliphatic heterocycles. The second-order valence-corrected chi connectivity index (χ2v) is 11.1. The number of carbonyl (C=O) groups excluding carboxylic acids is 1. The molecule has 0 bridgehead atoms. The summed E-state index contributed by atoms with van der Waals surface area (Å²) in [5.41, 5.74) is 2.15. The van der Waals surface area contributed by atoms with Crippen LogP contribution in [0.2, 0.25) is 5.02 Å². The number of tetrazole rings is 1. The number of aromatic amines is 1. The van der Waals surface area contributed by atoms with Gasteiger partial charge in [-0.15, -0.1) is 10.2 Å². The van der Waals surface area contributed by atoms with E-state index in [-0.39, 0.29) is 28.6 Å². The van der Waals surface area contributed by atoms with Gasteiger partial charge in [0, 0.05) is 24.0 Å². The van der Waals surface area contributed by atoms with Crippen LogP contribution in [0.25, 0.3) is 0 Å². The molecule has 1 fully saturated rings. The van der Waals surface area contributed by atoms with E-state index in [9.17, 15) is 17.6 Å². The molecule has 10 nitrogen and oxygen atoms in total. The molecular formula is C24H28ClFN6O4S. The van der Waals surface area contributed by atoms with Crippen LogP contribution in [0.4, 0.5) is 4.39 Å². The molecule has 3 aromatic rings. The molecule has 1 amide bonds. The van der Waals surface area contributed by atoms with Crippen LogP contribution in [0.1, 0.15) is 47.0 Å². The van der Waals surface area contributed by atoms with Gasteiger partial charge in [-0.2, -0.15) is 9.94 Å². The summed E-state index contributed by atoms with van der Waals surface area (Å²) in [4.78, 5) is 14.4. The van der Waals surface area contributed by atoms with Gasteiger partial charge in [-0.1, -0.05) is 29.8 Å². The summed E-state index contributed by atoms with van der Waals surface area (Å²) in [7, 11) is -4.25. The second kappa shape index (κ2) is 11.2. The number of sulfonamides is 1. The van der Waals surface area contributed by atoms with Gasteiger partial charge in [0.2, 0.25) is 15.9 Å². The van der Waals surface area contributed by atoms with Gasteiger partial charge in [-0.25, -0.2) is 12.8 Å². The molecule has 0 spiro atoms.